The lowest BCUT2D eigenvalue weighted by Crippen LogP contribution is -2.22. The molecule has 2 aromatic carbocycles. The van der Waals surface area contributed by atoms with Crippen LogP contribution in [0.2, 0.25) is 0 Å². The van der Waals surface area contributed by atoms with Gasteiger partial charge in [0, 0.05) is 31.8 Å². The minimum absolute atomic E-state index is 0.122. The predicted octanol–water partition coefficient (Wildman–Crippen LogP) is 2.51. The summed E-state index contributed by atoms with van der Waals surface area (Å²) in [6.45, 7) is -0.361. The number of carbonyl (C=O) groups is 3. The molecule has 28 heavy (non-hydrogen) atoms. The highest BCUT2D eigenvalue weighted by atomic mass is 16.5. The third-order valence-corrected chi connectivity index (χ3v) is 3.96. The highest BCUT2D eigenvalue weighted by Crippen LogP contribution is 2.13. The van der Waals surface area contributed by atoms with Crippen LogP contribution in [0.4, 0.5) is 5.69 Å². The Hall–Kier alpha value is -3.35. The number of aryl methyl sites for hydroxylation is 1. The summed E-state index contributed by atoms with van der Waals surface area (Å²) < 4.78 is 10.1. The molecular formula is C21H24N2O5. The first kappa shape index (κ1) is 21.0. The fraction of sp³-hybridized carbons (Fsp3) is 0.286. The van der Waals surface area contributed by atoms with Gasteiger partial charge in [-0.15, -0.1) is 0 Å². The van der Waals surface area contributed by atoms with Crippen LogP contribution < -0.4 is 10.1 Å². The number of methoxy groups -OCH3 is 1. The van der Waals surface area contributed by atoms with Gasteiger partial charge in [-0.1, -0.05) is 12.1 Å². The zero-order valence-corrected chi connectivity index (χ0v) is 16.2. The number of esters is 1. The fourth-order valence-electron chi connectivity index (χ4n) is 2.41. The van der Waals surface area contributed by atoms with Crippen molar-refractivity contribution in [2.45, 2.75) is 12.8 Å². The Bertz CT molecular complexity index is 814. The van der Waals surface area contributed by atoms with Crippen LogP contribution in [0.1, 0.15) is 22.3 Å². The van der Waals surface area contributed by atoms with Crippen molar-refractivity contribution >= 4 is 23.5 Å². The lowest BCUT2D eigenvalue weighted by atomic mass is 10.1. The molecule has 148 valence electrons. The molecule has 0 saturated heterocycles. The van der Waals surface area contributed by atoms with E-state index in [-0.39, 0.29) is 18.9 Å². The number of rotatable bonds is 8. The standard InChI is InChI=1S/C21H24N2O5/c1-23(2)21(26)16-7-9-17(10-8-16)22-19(24)14-28-20(25)13-6-15-4-11-18(27-3)12-5-15/h4-5,7-12H,6,13-14H2,1-3H3,(H,22,24). The molecule has 2 amide bonds. The van der Waals surface area contributed by atoms with Crippen LogP contribution in [-0.4, -0.2) is 50.5 Å². The van der Waals surface area contributed by atoms with E-state index in [1.807, 2.05) is 24.3 Å². The van der Waals surface area contributed by atoms with Crippen molar-refractivity contribution in [3.8, 4) is 5.75 Å². The Balaban J connectivity index is 1.73. The molecule has 0 aliphatic rings. The summed E-state index contributed by atoms with van der Waals surface area (Å²) in [6.07, 6.45) is 0.701. The average Bonchev–Trinajstić information content (AvgIpc) is 2.71. The van der Waals surface area contributed by atoms with Gasteiger partial charge in [-0.2, -0.15) is 0 Å². The summed E-state index contributed by atoms with van der Waals surface area (Å²) in [5, 5.41) is 2.62. The van der Waals surface area contributed by atoms with Gasteiger partial charge in [0.15, 0.2) is 6.61 Å². The number of hydrogen-bond acceptors (Lipinski definition) is 5. The van der Waals surface area contributed by atoms with Gasteiger partial charge < -0.3 is 19.7 Å². The molecule has 0 atom stereocenters. The fourth-order valence-corrected chi connectivity index (χ4v) is 2.41. The molecule has 1 N–H and O–H groups in total. The van der Waals surface area contributed by atoms with Gasteiger partial charge in [0.1, 0.15) is 5.75 Å². The van der Waals surface area contributed by atoms with Crippen LogP contribution in [0.25, 0.3) is 0 Å². The molecule has 7 heteroatoms. The maximum atomic E-state index is 11.9. The molecule has 0 spiro atoms. The SMILES string of the molecule is COc1ccc(CCC(=O)OCC(=O)Nc2ccc(C(=O)N(C)C)cc2)cc1. The quantitative estimate of drug-likeness (QED) is 0.707. The highest BCUT2D eigenvalue weighted by molar-refractivity contribution is 5.96. The van der Waals surface area contributed by atoms with Crippen LogP contribution in [0.15, 0.2) is 48.5 Å². The van der Waals surface area contributed by atoms with Crippen molar-refractivity contribution in [1.29, 1.82) is 0 Å². The highest BCUT2D eigenvalue weighted by Gasteiger charge is 2.10. The van der Waals surface area contributed by atoms with E-state index >= 15 is 0 Å². The molecule has 0 bridgehead atoms. The van der Waals surface area contributed by atoms with Crippen LogP contribution >= 0.6 is 0 Å². The Labute approximate surface area is 164 Å². The number of amides is 2. The summed E-state index contributed by atoms with van der Waals surface area (Å²) in [5.74, 6) is -0.256. The van der Waals surface area contributed by atoms with E-state index in [4.69, 9.17) is 9.47 Å². The van der Waals surface area contributed by atoms with Gasteiger partial charge in [-0.3, -0.25) is 14.4 Å². The van der Waals surface area contributed by atoms with Gasteiger partial charge in [-0.25, -0.2) is 0 Å². The largest absolute Gasteiger partial charge is 0.497 e. The van der Waals surface area contributed by atoms with Crippen molar-refractivity contribution in [1.82, 2.24) is 4.90 Å². The van der Waals surface area contributed by atoms with Gasteiger partial charge in [0.05, 0.1) is 7.11 Å². The average molecular weight is 384 g/mol. The predicted molar refractivity (Wildman–Crippen MR) is 105 cm³/mol. The third kappa shape index (κ3) is 6.42. The van der Waals surface area contributed by atoms with Crippen molar-refractivity contribution in [2.75, 3.05) is 33.1 Å². The summed E-state index contributed by atoms with van der Waals surface area (Å²) in [5.41, 5.74) is 2.03. The van der Waals surface area contributed by atoms with E-state index in [2.05, 4.69) is 5.32 Å². The van der Waals surface area contributed by atoms with E-state index in [1.165, 1.54) is 4.90 Å². The molecule has 0 aliphatic heterocycles. The van der Waals surface area contributed by atoms with Crippen LogP contribution in [-0.2, 0) is 20.7 Å². The molecule has 0 heterocycles. The first-order valence-electron chi connectivity index (χ1n) is 8.79. The molecule has 0 unspecified atom stereocenters. The second-order valence-electron chi connectivity index (χ2n) is 6.33. The Morgan fingerprint density at radius 3 is 2.18 bits per heavy atom. The summed E-state index contributed by atoms with van der Waals surface area (Å²) in [7, 11) is 4.93. The molecule has 2 rings (SSSR count). The number of ether oxygens (including phenoxy) is 2. The van der Waals surface area contributed by atoms with Crippen LogP contribution in [0.3, 0.4) is 0 Å². The minimum atomic E-state index is -0.446. The van der Waals surface area contributed by atoms with Gasteiger partial charge in [0.2, 0.25) is 0 Å². The molecule has 0 radical (unpaired) electrons. The number of nitrogens with zero attached hydrogens (tertiary/aromatic N) is 1. The van der Waals surface area contributed by atoms with E-state index in [9.17, 15) is 14.4 Å². The molecule has 0 saturated carbocycles. The van der Waals surface area contributed by atoms with E-state index in [0.29, 0.717) is 17.7 Å². The number of carbonyl (C=O) groups excluding carboxylic acids is 3. The van der Waals surface area contributed by atoms with Gasteiger partial charge in [-0.05, 0) is 48.4 Å². The molecule has 7 nitrogen and oxygen atoms in total. The lowest BCUT2D eigenvalue weighted by Gasteiger charge is -2.11. The zero-order chi connectivity index (χ0) is 20.5. The Morgan fingerprint density at radius 2 is 1.61 bits per heavy atom. The van der Waals surface area contributed by atoms with Crippen LogP contribution in [0, 0.1) is 0 Å². The monoisotopic (exact) mass is 384 g/mol. The van der Waals surface area contributed by atoms with Crippen molar-refractivity contribution in [3.05, 3.63) is 59.7 Å². The molecule has 2 aromatic rings. The van der Waals surface area contributed by atoms with Crippen LogP contribution in [0.5, 0.6) is 5.75 Å². The maximum Gasteiger partial charge on any atom is 0.306 e. The third-order valence-electron chi connectivity index (χ3n) is 3.96. The van der Waals surface area contributed by atoms with Crippen molar-refractivity contribution in [2.24, 2.45) is 0 Å². The molecular weight excluding hydrogens is 360 g/mol. The Morgan fingerprint density at radius 1 is 0.964 bits per heavy atom. The van der Waals surface area contributed by atoms with E-state index in [1.54, 1.807) is 45.5 Å². The van der Waals surface area contributed by atoms with Gasteiger partial charge >= 0.3 is 5.97 Å². The molecule has 0 aromatic heterocycles. The first-order valence-corrected chi connectivity index (χ1v) is 8.79. The second kappa shape index (κ2) is 10.1. The normalized spacial score (nSPS) is 10.1. The minimum Gasteiger partial charge on any atom is -0.497 e. The zero-order valence-electron chi connectivity index (χ0n) is 16.2. The summed E-state index contributed by atoms with van der Waals surface area (Å²) in [4.78, 5) is 37.0. The van der Waals surface area contributed by atoms with Crippen molar-refractivity contribution in [3.63, 3.8) is 0 Å². The molecule has 0 fully saturated rings. The topological polar surface area (TPSA) is 84.9 Å². The number of benzene rings is 2. The second-order valence-corrected chi connectivity index (χ2v) is 6.33. The van der Waals surface area contributed by atoms with E-state index in [0.717, 1.165) is 11.3 Å². The summed E-state index contributed by atoms with van der Waals surface area (Å²) >= 11 is 0. The smallest absolute Gasteiger partial charge is 0.306 e. The number of anilines is 1. The van der Waals surface area contributed by atoms with Crippen molar-refractivity contribution < 1.29 is 23.9 Å². The van der Waals surface area contributed by atoms with E-state index < -0.39 is 11.9 Å². The van der Waals surface area contributed by atoms with Gasteiger partial charge in [0.25, 0.3) is 11.8 Å². The maximum absolute atomic E-state index is 11.9. The Kier molecular flexibility index (Phi) is 7.56. The first-order chi connectivity index (χ1) is 13.4. The lowest BCUT2D eigenvalue weighted by molar-refractivity contribution is -0.147. The molecule has 0 aliphatic carbocycles. The number of nitrogens with one attached hydrogen (secondary N) is 1. The number of hydrogen-bond donors (Lipinski definition) is 1. The summed E-state index contributed by atoms with van der Waals surface area (Å²) in [6, 6.07) is 13.9.